The van der Waals surface area contributed by atoms with Gasteiger partial charge < -0.3 is 10.6 Å². The third kappa shape index (κ3) is 4.25. The van der Waals surface area contributed by atoms with Crippen molar-refractivity contribution < 1.29 is 0 Å². The predicted molar refractivity (Wildman–Crippen MR) is 53.1 cm³/mol. The van der Waals surface area contributed by atoms with Crippen molar-refractivity contribution >= 4 is 0 Å². The van der Waals surface area contributed by atoms with E-state index in [4.69, 9.17) is 11.0 Å². The highest BCUT2D eigenvalue weighted by molar-refractivity contribution is 4.86. The summed E-state index contributed by atoms with van der Waals surface area (Å²) < 4.78 is 0. The van der Waals surface area contributed by atoms with Gasteiger partial charge in [-0.25, -0.2) is 0 Å². The van der Waals surface area contributed by atoms with Crippen molar-refractivity contribution in [3.8, 4) is 6.07 Å². The van der Waals surface area contributed by atoms with Crippen molar-refractivity contribution in [3.63, 3.8) is 0 Å². The Morgan fingerprint density at radius 2 is 2.00 bits per heavy atom. The lowest BCUT2D eigenvalue weighted by Gasteiger charge is -2.26. The van der Waals surface area contributed by atoms with Crippen LogP contribution in [0.15, 0.2) is 0 Å². The third-order valence-corrected chi connectivity index (χ3v) is 2.60. The standard InChI is InChI=1S/C10H19N3/c11-9-10(12)5-4-8-13-6-2-1-3-7-13/h10H,1-8,12H2. The van der Waals surface area contributed by atoms with E-state index in [9.17, 15) is 0 Å². The minimum absolute atomic E-state index is 0.259. The maximum absolute atomic E-state index is 8.48. The molecular weight excluding hydrogens is 162 g/mol. The number of nitriles is 1. The Hall–Kier alpha value is -0.590. The Balaban J connectivity index is 2.02. The second-order valence-corrected chi connectivity index (χ2v) is 3.78. The summed E-state index contributed by atoms with van der Waals surface area (Å²) in [4.78, 5) is 2.48. The normalized spacial score (nSPS) is 20.9. The monoisotopic (exact) mass is 181 g/mol. The molecule has 0 spiro atoms. The summed E-state index contributed by atoms with van der Waals surface area (Å²) in [6, 6.07) is 1.80. The fourth-order valence-corrected chi connectivity index (χ4v) is 1.78. The van der Waals surface area contributed by atoms with Crippen LogP contribution in [-0.2, 0) is 0 Å². The van der Waals surface area contributed by atoms with E-state index in [0.29, 0.717) is 0 Å². The largest absolute Gasteiger partial charge is 0.316 e. The summed E-state index contributed by atoms with van der Waals surface area (Å²) in [7, 11) is 0. The van der Waals surface area contributed by atoms with E-state index in [1.807, 2.05) is 0 Å². The molecule has 1 aliphatic rings. The molecule has 1 unspecified atom stereocenters. The Kier molecular flexibility index (Phi) is 4.81. The zero-order chi connectivity index (χ0) is 9.52. The zero-order valence-electron chi connectivity index (χ0n) is 8.21. The third-order valence-electron chi connectivity index (χ3n) is 2.60. The van der Waals surface area contributed by atoms with Crippen LogP contribution < -0.4 is 5.73 Å². The minimum atomic E-state index is -0.259. The Bertz CT molecular complexity index is 167. The van der Waals surface area contributed by atoms with Crippen molar-refractivity contribution in [1.82, 2.24) is 4.90 Å². The van der Waals surface area contributed by atoms with Crippen LogP contribution in [0.4, 0.5) is 0 Å². The maximum Gasteiger partial charge on any atom is 0.0928 e. The zero-order valence-corrected chi connectivity index (χ0v) is 8.21. The van der Waals surface area contributed by atoms with Gasteiger partial charge in [0, 0.05) is 0 Å². The number of likely N-dealkylation sites (tertiary alicyclic amines) is 1. The molecule has 0 amide bonds. The molecule has 0 saturated carbocycles. The lowest BCUT2D eigenvalue weighted by molar-refractivity contribution is 0.224. The molecule has 0 aromatic heterocycles. The van der Waals surface area contributed by atoms with E-state index < -0.39 is 0 Å². The highest BCUT2D eigenvalue weighted by atomic mass is 15.1. The SMILES string of the molecule is N#CC(N)CCCN1CCCCC1. The van der Waals surface area contributed by atoms with Gasteiger partial charge in [-0.1, -0.05) is 6.42 Å². The van der Waals surface area contributed by atoms with Crippen LogP contribution in [0.2, 0.25) is 0 Å². The molecule has 0 aromatic rings. The number of rotatable bonds is 4. The van der Waals surface area contributed by atoms with Gasteiger partial charge >= 0.3 is 0 Å². The van der Waals surface area contributed by atoms with Gasteiger partial charge in [0.2, 0.25) is 0 Å². The summed E-state index contributed by atoms with van der Waals surface area (Å²) in [6.45, 7) is 3.60. The van der Waals surface area contributed by atoms with Crippen molar-refractivity contribution in [1.29, 1.82) is 5.26 Å². The molecule has 0 radical (unpaired) electrons. The smallest absolute Gasteiger partial charge is 0.0928 e. The van der Waals surface area contributed by atoms with Crippen LogP contribution in [-0.4, -0.2) is 30.6 Å². The van der Waals surface area contributed by atoms with Crippen LogP contribution in [0, 0.1) is 11.3 Å². The lowest BCUT2D eigenvalue weighted by atomic mass is 10.1. The predicted octanol–water partition coefficient (Wildman–Crippen LogP) is 1.10. The van der Waals surface area contributed by atoms with Gasteiger partial charge in [0.15, 0.2) is 0 Å². The Morgan fingerprint density at radius 3 is 2.62 bits per heavy atom. The van der Waals surface area contributed by atoms with Crippen LogP contribution in [0.3, 0.4) is 0 Å². The molecule has 1 fully saturated rings. The summed E-state index contributed by atoms with van der Waals surface area (Å²) in [5.41, 5.74) is 5.51. The summed E-state index contributed by atoms with van der Waals surface area (Å²) in [6.07, 6.45) is 5.96. The fourth-order valence-electron chi connectivity index (χ4n) is 1.78. The first-order valence-electron chi connectivity index (χ1n) is 5.20. The van der Waals surface area contributed by atoms with E-state index in [1.54, 1.807) is 0 Å². The molecule has 2 N–H and O–H groups in total. The molecule has 1 rings (SSSR count). The van der Waals surface area contributed by atoms with Crippen LogP contribution >= 0.6 is 0 Å². The van der Waals surface area contributed by atoms with Gasteiger partial charge in [-0.05, 0) is 45.3 Å². The Labute approximate surface area is 80.5 Å². The number of nitrogens with two attached hydrogens (primary N) is 1. The quantitative estimate of drug-likeness (QED) is 0.706. The molecule has 3 heteroatoms. The lowest BCUT2D eigenvalue weighted by Crippen LogP contribution is -2.31. The average Bonchev–Trinajstić information content (AvgIpc) is 2.19. The summed E-state index contributed by atoms with van der Waals surface area (Å²) >= 11 is 0. The first-order chi connectivity index (χ1) is 6.33. The van der Waals surface area contributed by atoms with Gasteiger partial charge in [-0.3, -0.25) is 0 Å². The molecule has 1 saturated heterocycles. The second kappa shape index (κ2) is 5.95. The first kappa shape index (κ1) is 10.5. The van der Waals surface area contributed by atoms with Crippen molar-refractivity contribution in [2.45, 2.75) is 38.1 Å². The van der Waals surface area contributed by atoms with E-state index in [2.05, 4.69) is 11.0 Å². The number of hydrogen-bond donors (Lipinski definition) is 1. The molecule has 0 aromatic carbocycles. The van der Waals surface area contributed by atoms with Gasteiger partial charge in [-0.15, -0.1) is 0 Å². The van der Waals surface area contributed by atoms with Gasteiger partial charge in [0.25, 0.3) is 0 Å². The molecule has 74 valence electrons. The highest BCUT2D eigenvalue weighted by Gasteiger charge is 2.09. The molecule has 1 heterocycles. The minimum Gasteiger partial charge on any atom is -0.316 e. The molecule has 0 bridgehead atoms. The second-order valence-electron chi connectivity index (χ2n) is 3.78. The first-order valence-corrected chi connectivity index (χ1v) is 5.20. The summed E-state index contributed by atoms with van der Waals surface area (Å²) in [5.74, 6) is 0. The van der Waals surface area contributed by atoms with Crippen LogP contribution in [0.1, 0.15) is 32.1 Å². The number of piperidine rings is 1. The topological polar surface area (TPSA) is 53.1 Å². The molecule has 1 atom stereocenters. The fraction of sp³-hybridized carbons (Fsp3) is 0.900. The van der Waals surface area contributed by atoms with Gasteiger partial charge in [0.05, 0.1) is 12.1 Å². The highest BCUT2D eigenvalue weighted by Crippen LogP contribution is 2.09. The molecule has 1 aliphatic heterocycles. The van der Waals surface area contributed by atoms with E-state index in [1.165, 1.54) is 32.4 Å². The molecule has 13 heavy (non-hydrogen) atoms. The van der Waals surface area contributed by atoms with E-state index >= 15 is 0 Å². The van der Waals surface area contributed by atoms with Gasteiger partial charge in [-0.2, -0.15) is 5.26 Å². The average molecular weight is 181 g/mol. The number of nitrogens with zero attached hydrogens (tertiary/aromatic N) is 2. The van der Waals surface area contributed by atoms with E-state index in [-0.39, 0.29) is 6.04 Å². The number of hydrogen-bond acceptors (Lipinski definition) is 3. The van der Waals surface area contributed by atoms with Crippen LogP contribution in [0.5, 0.6) is 0 Å². The maximum atomic E-state index is 8.48. The molecular formula is C10H19N3. The molecule has 3 nitrogen and oxygen atoms in total. The van der Waals surface area contributed by atoms with Crippen molar-refractivity contribution in [2.75, 3.05) is 19.6 Å². The summed E-state index contributed by atoms with van der Waals surface area (Å²) in [5, 5.41) is 8.48. The molecule has 0 aliphatic carbocycles. The van der Waals surface area contributed by atoms with Crippen molar-refractivity contribution in [2.24, 2.45) is 5.73 Å². The van der Waals surface area contributed by atoms with Crippen LogP contribution in [0.25, 0.3) is 0 Å². The van der Waals surface area contributed by atoms with Crippen molar-refractivity contribution in [3.05, 3.63) is 0 Å². The van der Waals surface area contributed by atoms with Gasteiger partial charge in [0.1, 0.15) is 0 Å². The Morgan fingerprint density at radius 1 is 1.31 bits per heavy atom. The van der Waals surface area contributed by atoms with E-state index in [0.717, 1.165) is 19.4 Å².